The summed E-state index contributed by atoms with van der Waals surface area (Å²) in [5.74, 6) is 1.43. The smallest absolute Gasteiger partial charge is 0.339 e. The number of nitrogens with zero attached hydrogens (tertiary/aromatic N) is 3. The van der Waals surface area contributed by atoms with Crippen LogP contribution in [0.1, 0.15) is 23.0 Å². The number of rotatable bonds is 7. The van der Waals surface area contributed by atoms with Gasteiger partial charge < -0.3 is 34.1 Å². The van der Waals surface area contributed by atoms with Crippen molar-refractivity contribution in [3.63, 3.8) is 0 Å². The van der Waals surface area contributed by atoms with Gasteiger partial charge in [0, 0.05) is 50.1 Å². The molecule has 2 heterocycles. The number of pyridine rings is 1. The molecular formula is C23H30N4O5S. The van der Waals surface area contributed by atoms with Crippen molar-refractivity contribution in [2.24, 2.45) is 0 Å². The van der Waals surface area contributed by atoms with Crippen LogP contribution in [0.15, 0.2) is 24.3 Å². The van der Waals surface area contributed by atoms with Crippen molar-refractivity contribution >= 4 is 34.7 Å². The Labute approximate surface area is 199 Å². The van der Waals surface area contributed by atoms with Crippen molar-refractivity contribution < 1.29 is 23.7 Å². The van der Waals surface area contributed by atoms with E-state index in [2.05, 4.69) is 20.1 Å². The van der Waals surface area contributed by atoms with Gasteiger partial charge in [0.05, 0.1) is 39.7 Å². The second-order valence-corrected chi connectivity index (χ2v) is 7.75. The summed E-state index contributed by atoms with van der Waals surface area (Å²) >= 11 is 5.65. The van der Waals surface area contributed by atoms with Gasteiger partial charge in [-0.25, -0.2) is 9.78 Å². The van der Waals surface area contributed by atoms with Crippen molar-refractivity contribution in [2.75, 3.05) is 64.8 Å². The SMILES string of the molecule is CCc1nc(OC)c(NC(=S)N2CCN(c3cc(OC)cc(OC)c3)CC2)cc1C(=O)OC. The van der Waals surface area contributed by atoms with Crippen LogP contribution in [-0.4, -0.2) is 75.6 Å². The molecule has 0 amide bonds. The van der Waals surface area contributed by atoms with Crippen LogP contribution in [0.2, 0.25) is 0 Å². The summed E-state index contributed by atoms with van der Waals surface area (Å²) in [4.78, 5) is 21.0. The molecule has 1 saturated heterocycles. The number of hydrogen-bond acceptors (Lipinski definition) is 8. The molecule has 0 unspecified atom stereocenters. The minimum absolute atomic E-state index is 0.379. The number of aromatic nitrogens is 1. The first-order chi connectivity index (χ1) is 15.9. The van der Waals surface area contributed by atoms with Gasteiger partial charge in [0.1, 0.15) is 17.2 Å². The summed E-state index contributed by atoms with van der Waals surface area (Å²) in [6.45, 7) is 4.91. The second kappa shape index (κ2) is 11.0. The Morgan fingerprint density at radius 1 is 1.00 bits per heavy atom. The predicted molar refractivity (Wildman–Crippen MR) is 131 cm³/mol. The minimum atomic E-state index is -0.446. The normalized spacial score (nSPS) is 13.4. The summed E-state index contributed by atoms with van der Waals surface area (Å²) in [6, 6.07) is 7.53. The molecule has 1 aromatic carbocycles. The molecule has 0 aliphatic carbocycles. The third kappa shape index (κ3) is 5.57. The molecule has 0 radical (unpaired) electrons. The van der Waals surface area contributed by atoms with Crippen LogP contribution in [0.5, 0.6) is 17.4 Å². The summed E-state index contributed by atoms with van der Waals surface area (Å²) in [7, 11) is 6.17. The van der Waals surface area contributed by atoms with E-state index in [1.165, 1.54) is 14.2 Å². The van der Waals surface area contributed by atoms with Gasteiger partial charge in [-0.15, -0.1) is 0 Å². The number of esters is 1. The number of carbonyl (C=O) groups is 1. The van der Waals surface area contributed by atoms with E-state index in [1.807, 2.05) is 25.1 Å². The molecule has 10 heteroatoms. The zero-order valence-corrected chi connectivity index (χ0v) is 20.5. The molecule has 0 spiro atoms. The number of aryl methyl sites for hydroxylation is 1. The summed E-state index contributed by atoms with van der Waals surface area (Å²) in [5.41, 5.74) is 2.56. The first-order valence-electron chi connectivity index (χ1n) is 10.6. The van der Waals surface area contributed by atoms with Crippen LogP contribution in [0.3, 0.4) is 0 Å². The Morgan fingerprint density at radius 2 is 1.64 bits per heavy atom. The third-order valence-corrected chi connectivity index (χ3v) is 5.87. The van der Waals surface area contributed by atoms with Gasteiger partial charge in [0.15, 0.2) is 5.11 Å². The summed E-state index contributed by atoms with van der Waals surface area (Å²) < 4.78 is 21.1. The fourth-order valence-corrected chi connectivity index (χ4v) is 3.96. The summed E-state index contributed by atoms with van der Waals surface area (Å²) in [5, 5.41) is 3.74. The van der Waals surface area contributed by atoms with Crippen molar-refractivity contribution in [3.05, 3.63) is 35.5 Å². The Morgan fingerprint density at radius 3 is 2.15 bits per heavy atom. The van der Waals surface area contributed by atoms with Gasteiger partial charge in [0.2, 0.25) is 5.88 Å². The fraction of sp³-hybridized carbons (Fsp3) is 0.435. The van der Waals surface area contributed by atoms with E-state index in [4.69, 9.17) is 31.2 Å². The van der Waals surface area contributed by atoms with Crippen LogP contribution < -0.4 is 24.4 Å². The first kappa shape index (κ1) is 24.4. The number of carbonyl (C=O) groups excluding carboxylic acids is 1. The Bertz CT molecular complexity index is 986. The Balaban J connectivity index is 1.71. The molecule has 0 atom stereocenters. The molecule has 1 aliphatic heterocycles. The monoisotopic (exact) mass is 474 g/mol. The molecule has 1 aliphatic rings. The molecule has 9 nitrogen and oxygen atoms in total. The standard InChI is InChI=1S/C23H30N4O5S/c1-6-19-18(22(28)32-5)14-20(21(24-19)31-4)25-23(33)27-9-7-26(8-10-27)15-11-16(29-2)13-17(12-15)30-3/h11-14H,6-10H2,1-5H3,(H,25,33). The van der Waals surface area contributed by atoms with E-state index in [0.717, 1.165) is 43.4 Å². The highest BCUT2D eigenvalue weighted by atomic mass is 32.1. The molecular weight excluding hydrogens is 444 g/mol. The summed E-state index contributed by atoms with van der Waals surface area (Å²) in [6.07, 6.45) is 0.572. The van der Waals surface area contributed by atoms with Gasteiger partial charge in [-0.2, -0.15) is 0 Å². The van der Waals surface area contributed by atoms with E-state index < -0.39 is 5.97 Å². The quantitative estimate of drug-likeness (QED) is 0.477. The van der Waals surface area contributed by atoms with E-state index in [1.54, 1.807) is 20.3 Å². The van der Waals surface area contributed by atoms with Crippen LogP contribution >= 0.6 is 12.2 Å². The highest BCUT2D eigenvalue weighted by molar-refractivity contribution is 7.80. The Kier molecular flexibility index (Phi) is 8.16. The number of thiocarbonyl (C=S) groups is 1. The van der Waals surface area contributed by atoms with Crippen LogP contribution in [0.4, 0.5) is 11.4 Å². The topological polar surface area (TPSA) is 85.4 Å². The van der Waals surface area contributed by atoms with Gasteiger partial charge in [-0.3, -0.25) is 0 Å². The average Bonchev–Trinajstić information content (AvgIpc) is 2.87. The molecule has 0 bridgehead atoms. The number of methoxy groups -OCH3 is 4. The van der Waals surface area contributed by atoms with Gasteiger partial charge >= 0.3 is 5.97 Å². The number of hydrogen-bond donors (Lipinski definition) is 1. The predicted octanol–water partition coefficient (Wildman–Crippen LogP) is 2.98. The molecule has 33 heavy (non-hydrogen) atoms. The van der Waals surface area contributed by atoms with Gasteiger partial charge in [0.25, 0.3) is 0 Å². The molecule has 178 valence electrons. The molecule has 1 N–H and O–H groups in total. The average molecular weight is 475 g/mol. The van der Waals surface area contributed by atoms with Crippen LogP contribution in [0.25, 0.3) is 0 Å². The lowest BCUT2D eigenvalue weighted by atomic mass is 10.1. The molecule has 0 saturated carbocycles. The molecule has 1 aromatic heterocycles. The van der Waals surface area contributed by atoms with Crippen LogP contribution in [-0.2, 0) is 11.2 Å². The van der Waals surface area contributed by atoms with E-state index in [9.17, 15) is 4.79 Å². The lowest BCUT2D eigenvalue weighted by molar-refractivity contribution is 0.0599. The number of nitrogens with one attached hydrogen (secondary N) is 1. The first-order valence-corrected chi connectivity index (χ1v) is 11.0. The number of anilines is 2. The molecule has 1 fully saturated rings. The lowest BCUT2D eigenvalue weighted by Gasteiger charge is -2.37. The minimum Gasteiger partial charge on any atom is -0.497 e. The van der Waals surface area contributed by atoms with Gasteiger partial charge in [-0.1, -0.05) is 6.92 Å². The molecule has 2 aromatic rings. The van der Waals surface area contributed by atoms with E-state index >= 15 is 0 Å². The maximum atomic E-state index is 12.2. The van der Waals surface area contributed by atoms with E-state index in [-0.39, 0.29) is 0 Å². The highest BCUT2D eigenvalue weighted by Gasteiger charge is 2.23. The third-order valence-electron chi connectivity index (χ3n) is 5.51. The number of benzene rings is 1. The Hall–Kier alpha value is -3.27. The lowest BCUT2D eigenvalue weighted by Crippen LogP contribution is -2.50. The number of ether oxygens (including phenoxy) is 4. The zero-order valence-electron chi connectivity index (χ0n) is 19.6. The maximum absolute atomic E-state index is 12.2. The van der Waals surface area contributed by atoms with Crippen molar-refractivity contribution in [1.82, 2.24) is 9.88 Å². The zero-order chi connectivity index (χ0) is 24.0. The van der Waals surface area contributed by atoms with Crippen molar-refractivity contribution in [1.29, 1.82) is 0 Å². The molecule has 3 rings (SSSR count). The second-order valence-electron chi connectivity index (χ2n) is 7.36. The highest BCUT2D eigenvalue weighted by Crippen LogP contribution is 2.30. The maximum Gasteiger partial charge on any atom is 0.339 e. The van der Waals surface area contributed by atoms with Crippen molar-refractivity contribution in [2.45, 2.75) is 13.3 Å². The fourth-order valence-electron chi connectivity index (χ4n) is 3.67. The van der Waals surface area contributed by atoms with E-state index in [0.29, 0.717) is 34.4 Å². The van der Waals surface area contributed by atoms with Crippen LogP contribution in [0, 0.1) is 0 Å². The van der Waals surface area contributed by atoms with Crippen molar-refractivity contribution in [3.8, 4) is 17.4 Å². The number of piperazine rings is 1. The largest absolute Gasteiger partial charge is 0.497 e. The van der Waals surface area contributed by atoms with Gasteiger partial charge in [-0.05, 0) is 24.7 Å².